The zero-order chi connectivity index (χ0) is 57.0. The Kier molecular flexibility index (Phi) is 19.8. The smallest absolute Gasteiger partial charge is 0.471 e. The van der Waals surface area contributed by atoms with Crippen LogP contribution in [0, 0.1) is 12.3 Å². The standard InChI is InChI=1S/C55H66F4N10O9S/c1-33-48(79-32-65-33)36-15-11-35(12-16-36)26-62-51(75)43-25-38(70)28-69(43)53(76)49(54(2,3)4)66-46(72)9-6-5-7-20-61-45(71)10-8-21-67-30-42(64-31-67)37-24-40(50(60)74)52(63-27-37)77-44-19-22-68(29-41(44)56)47(73)23-34-13-17-39(18-14-34)78-55(57,58)59/h11-18,24,27,30-32,38,41,43-44,49,70H,5-10,19-23,25-26,28-29H2,1-4H3,(H2,60,74)(H,61,71)(H,62,75)(H,66,72)/t38-,41-,43+,44-,49-/m1/s1. The molecule has 0 unspecified atom stereocenters. The first kappa shape index (κ1) is 59.2. The third-order valence-corrected chi connectivity index (χ3v) is 14.6. The second kappa shape index (κ2) is 26.5. The molecule has 2 aliphatic rings. The summed E-state index contributed by atoms with van der Waals surface area (Å²) in [5.41, 5.74) is 10.8. The summed E-state index contributed by atoms with van der Waals surface area (Å²) in [6.07, 6.45) is -1.14. The number of alkyl halides is 4. The lowest BCUT2D eigenvalue weighted by Crippen LogP contribution is -2.57. The van der Waals surface area contributed by atoms with Crippen molar-refractivity contribution in [2.45, 2.75) is 135 Å². The molecule has 2 fully saturated rings. The number of amides is 6. The molecule has 424 valence electrons. The molecule has 7 rings (SSSR count). The van der Waals surface area contributed by atoms with E-state index in [4.69, 9.17) is 10.5 Å². The van der Waals surface area contributed by atoms with Crippen LogP contribution in [-0.2, 0) is 43.5 Å². The Bertz CT molecular complexity index is 2930. The number of hydrogen-bond donors (Lipinski definition) is 5. The number of likely N-dealkylation sites (tertiary alicyclic amines) is 2. The van der Waals surface area contributed by atoms with E-state index in [0.29, 0.717) is 55.6 Å². The quantitative estimate of drug-likeness (QED) is 0.0362. The first-order valence-corrected chi connectivity index (χ1v) is 27.0. The highest BCUT2D eigenvalue weighted by atomic mass is 32.1. The predicted molar refractivity (Wildman–Crippen MR) is 284 cm³/mol. The number of ether oxygens (including phenoxy) is 2. The van der Waals surface area contributed by atoms with E-state index in [1.165, 1.54) is 34.2 Å². The molecule has 2 saturated heterocycles. The Morgan fingerprint density at radius 1 is 0.886 bits per heavy atom. The Balaban J connectivity index is 0.784. The highest BCUT2D eigenvalue weighted by molar-refractivity contribution is 7.13. The molecular formula is C55H66F4N10O9S. The molecule has 0 aliphatic carbocycles. The van der Waals surface area contributed by atoms with Gasteiger partial charge >= 0.3 is 6.36 Å². The molecular weight excluding hydrogens is 1050 g/mol. The number of halogens is 4. The van der Waals surface area contributed by atoms with Gasteiger partial charge in [-0.25, -0.2) is 19.3 Å². The van der Waals surface area contributed by atoms with Crippen LogP contribution >= 0.6 is 11.3 Å². The van der Waals surface area contributed by atoms with Crippen molar-refractivity contribution in [1.29, 1.82) is 0 Å². The summed E-state index contributed by atoms with van der Waals surface area (Å²) < 4.78 is 64.4. The number of nitrogens with one attached hydrogen (secondary N) is 3. The second-order valence-electron chi connectivity index (χ2n) is 20.8. The van der Waals surface area contributed by atoms with Gasteiger partial charge in [-0.2, -0.15) is 0 Å². The van der Waals surface area contributed by atoms with Crippen molar-refractivity contribution in [3.05, 3.63) is 101 Å². The van der Waals surface area contributed by atoms with Crippen molar-refractivity contribution in [3.63, 3.8) is 0 Å². The van der Waals surface area contributed by atoms with E-state index in [2.05, 4.69) is 35.6 Å². The topological polar surface area (TPSA) is 253 Å². The summed E-state index contributed by atoms with van der Waals surface area (Å²) in [5.74, 6) is -3.21. The minimum atomic E-state index is -4.85. The molecule has 79 heavy (non-hydrogen) atoms. The van der Waals surface area contributed by atoms with E-state index < -0.39 is 65.7 Å². The lowest BCUT2D eigenvalue weighted by Gasteiger charge is -2.35. The third-order valence-electron chi connectivity index (χ3n) is 13.6. The fourth-order valence-electron chi connectivity index (χ4n) is 9.31. The Hall–Kier alpha value is -7.47. The van der Waals surface area contributed by atoms with Gasteiger partial charge < -0.3 is 50.6 Å². The van der Waals surface area contributed by atoms with Gasteiger partial charge in [-0.3, -0.25) is 28.8 Å². The number of hydrogen-bond acceptors (Lipinski definition) is 13. The summed E-state index contributed by atoms with van der Waals surface area (Å²) in [5, 5.41) is 19.3. The first-order valence-electron chi connectivity index (χ1n) is 26.1. The van der Waals surface area contributed by atoms with Gasteiger partial charge in [0.05, 0.1) is 47.2 Å². The van der Waals surface area contributed by atoms with Crippen LogP contribution in [0.1, 0.15) is 99.3 Å². The number of piperidine rings is 1. The lowest BCUT2D eigenvalue weighted by molar-refractivity contribution is -0.274. The summed E-state index contributed by atoms with van der Waals surface area (Å²) in [6.45, 7) is 8.30. The number of aromatic nitrogens is 4. The van der Waals surface area contributed by atoms with E-state index in [-0.39, 0.29) is 87.4 Å². The second-order valence-corrected chi connectivity index (χ2v) is 21.7. The highest BCUT2D eigenvalue weighted by Gasteiger charge is 2.44. The number of rotatable bonds is 23. The Morgan fingerprint density at radius 2 is 1.61 bits per heavy atom. The van der Waals surface area contributed by atoms with Gasteiger partial charge in [-0.15, -0.1) is 24.5 Å². The molecule has 0 radical (unpaired) electrons. The fourth-order valence-corrected chi connectivity index (χ4v) is 10.1. The molecule has 5 aromatic rings. The van der Waals surface area contributed by atoms with Gasteiger partial charge in [0.15, 0.2) is 6.17 Å². The van der Waals surface area contributed by atoms with Crippen LogP contribution in [0.15, 0.2) is 78.8 Å². The van der Waals surface area contributed by atoms with Gasteiger partial charge in [0.25, 0.3) is 5.91 Å². The third kappa shape index (κ3) is 16.8. The molecule has 2 aromatic carbocycles. The summed E-state index contributed by atoms with van der Waals surface area (Å²) >= 11 is 1.56. The molecule has 0 saturated carbocycles. The number of unbranched alkanes of at least 4 members (excludes halogenated alkanes) is 2. The number of pyridine rings is 1. The van der Waals surface area contributed by atoms with Crippen molar-refractivity contribution in [1.82, 2.24) is 45.3 Å². The normalized spacial score (nSPS) is 17.9. The minimum Gasteiger partial charge on any atom is -0.471 e. The monoisotopic (exact) mass is 1120 g/mol. The highest BCUT2D eigenvalue weighted by Crippen LogP contribution is 2.31. The largest absolute Gasteiger partial charge is 0.573 e. The first-order chi connectivity index (χ1) is 37.5. The molecule has 2 aliphatic heterocycles. The van der Waals surface area contributed by atoms with Crippen LogP contribution in [0.2, 0.25) is 0 Å². The van der Waals surface area contributed by atoms with Crippen LogP contribution in [0.5, 0.6) is 11.6 Å². The average Bonchev–Trinajstić information content (AvgIpc) is 4.23. The van der Waals surface area contributed by atoms with Gasteiger partial charge in [0.1, 0.15) is 29.5 Å². The number of nitrogens with two attached hydrogens (primary N) is 1. The Morgan fingerprint density at radius 3 is 2.28 bits per heavy atom. The van der Waals surface area contributed by atoms with Gasteiger partial charge in [-0.05, 0) is 66.5 Å². The minimum absolute atomic E-state index is 0.0311. The average molecular weight is 1120 g/mol. The maximum Gasteiger partial charge on any atom is 0.573 e. The number of aryl methyl sites for hydroxylation is 2. The number of aliphatic hydroxyl groups excluding tert-OH is 1. The van der Waals surface area contributed by atoms with Crippen molar-refractivity contribution in [2.24, 2.45) is 11.1 Å². The van der Waals surface area contributed by atoms with Crippen molar-refractivity contribution in [2.75, 3.05) is 26.2 Å². The van der Waals surface area contributed by atoms with Gasteiger partial charge in [-0.1, -0.05) is 63.6 Å². The number of imidazole rings is 1. The molecule has 6 N–H and O–H groups in total. The van der Waals surface area contributed by atoms with Gasteiger partial charge in [0, 0.05) is 76.4 Å². The molecule has 24 heteroatoms. The molecule has 5 atom stereocenters. The van der Waals surface area contributed by atoms with Crippen LogP contribution in [0.3, 0.4) is 0 Å². The Labute approximate surface area is 458 Å². The van der Waals surface area contributed by atoms with E-state index in [1.54, 1.807) is 33.9 Å². The number of nitrogens with zero attached hydrogens (tertiary/aromatic N) is 6. The SMILES string of the molecule is Cc1ncsc1-c1ccc(CNC(=O)[C@@H]2C[C@@H](O)CN2C(=O)[C@@H](NC(=O)CCCCCNC(=O)CCCn2cnc(-c3cnc(O[C@@H]4CCN(C(=O)Cc5ccc(OC(F)(F)F)cc5)C[C@H]4F)c(C(N)=O)c3)c2)C(C)(C)C)cc1. The maximum absolute atomic E-state index is 15.4. The van der Waals surface area contributed by atoms with Crippen LogP contribution in [-0.4, -0.2) is 133 Å². The van der Waals surface area contributed by atoms with Crippen LogP contribution < -0.4 is 31.2 Å². The number of thiazole rings is 1. The maximum atomic E-state index is 15.4. The zero-order valence-corrected chi connectivity index (χ0v) is 45.2. The van der Waals surface area contributed by atoms with E-state index in [1.807, 2.05) is 52.0 Å². The molecule has 6 amide bonds. The molecule has 0 bridgehead atoms. The molecule has 0 spiro atoms. The fraction of sp³-hybridized carbons (Fsp3) is 0.473. The van der Waals surface area contributed by atoms with E-state index in [0.717, 1.165) is 33.8 Å². The summed E-state index contributed by atoms with van der Waals surface area (Å²) in [4.78, 5) is 95.5. The van der Waals surface area contributed by atoms with Crippen molar-refractivity contribution >= 4 is 46.8 Å². The number of carbonyl (C=O) groups excluding carboxylic acids is 6. The summed E-state index contributed by atoms with van der Waals surface area (Å²) in [7, 11) is 0. The van der Waals surface area contributed by atoms with Crippen molar-refractivity contribution < 1.29 is 60.9 Å². The lowest BCUT2D eigenvalue weighted by atomic mass is 9.85. The molecule has 3 aromatic heterocycles. The van der Waals surface area contributed by atoms with E-state index in [9.17, 15) is 47.0 Å². The molecule has 5 heterocycles. The number of carbonyl (C=O) groups is 6. The number of aliphatic hydroxyl groups is 1. The van der Waals surface area contributed by atoms with E-state index >= 15 is 4.39 Å². The van der Waals surface area contributed by atoms with Crippen molar-refractivity contribution in [3.8, 4) is 33.3 Å². The zero-order valence-electron chi connectivity index (χ0n) is 44.4. The summed E-state index contributed by atoms with van der Waals surface area (Å²) in [6, 6.07) is 12.2. The number of benzene rings is 2. The molecule has 19 nitrogen and oxygen atoms in total. The van der Waals surface area contributed by atoms with Gasteiger partial charge in [0.2, 0.25) is 35.4 Å². The van der Waals surface area contributed by atoms with Crippen LogP contribution in [0.4, 0.5) is 17.6 Å². The predicted octanol–water partition coefficient (Wildman–Crippen LogP) is 6.20. The number of primary amides is 1. The van der Waals surface area contributed by atoms with Crippen LogP contribution in [0.25, 0.3) is 21.7 Å². The number of β-amino-alcohol motifs (C(OH)–C–C–N with tert-alkyl or cyclic N) is 1.